The maximum absolute atomic E-state index is 10.8. The van der Waals surface area contributed by atoms with Crippen molar-refractivity contribution in [3.8, 4) is 6.07 Å². The largest absolute Gasteiger partial charge is 0.478 e. The highest BCUT2D eigenvalue weighted by Crippen LogP contribution is 2.18. The van der Waals surface area contributed by atoms with Gasteiger partial charge in [0.2, 0.25) is 0 Å². The van der Waals surface area contributed by atoms with Crippen LogP contribution in [0.2, 0.25) is 0 Å². The molecule has 0 unspecified atom stereocenters. The smallest absolute Gasteiger partial charge is 0.335 e. The summed E-state index contributed by atoms with van der Waals surface area (Å²) in [6.45, 7) is 3.61. The fraction of sp³-hybridized carbons (Fsp3) is 0.273. The number of nitrogens with zero attached hydrogens (tertiary/aromatic N) is 1. The maximum Gasteiger partial charge on any atom is 0.335 e. The van der Waals surface area contributed by atoms with Gasteiger partial charge in [-0.05, 0) is 30.5 Å². The van der Waals surface area contributed by atoms with Crippen LogP contribution in [0, 0.1) is 18.3 Å². The van der Waals surface area contributed by atoms with Crippen LogP contribution in [0.4, 0.5) is 0 Å². The van der Waals surface area contributed by atoms with Crippen molar-refractivity contribution in [2.75, 3.05) is 0 Å². The van der Waals surface area contributed by atoms with Crippen LogP contribution >= 0.6 is 0 Å². The van der Waals surface area contributed by atoms with Crippen LogP contribution in [-0.4, -0.2) is 11.1 Å². The summed E-state index contributed by atoms with van der Waals surface area (Å²) >= 11 is 0. The Morgan fingerprint density at radius 2 is 2.21 bits per heavy atom. The molecule has 1 aromatic carbocycles. The Morgan fingerprint density at radius 3 is 2.64 bits per heavy atom. The Labute approximate surface area is 82.6 Å². The van der Waals surface area contributed by atoms with Gasteiger partial charge in [0, 0.05) is 0 Å². The second-order valence-electron chi connectivity index (χ2n) is 3.04. The van der Waals surface area contributed by atoms with Gasteiger partial charge < -0.3 is 5.11 Å². The molecule has 3 heteroatoms. The summed E-state index contributed by atoms with van der Waals surface area (Å²) in [5.74, 6) is -0.985. The number of carboxylic acids is 1. The first kappa shape index (κ1) is 10.3. The average Bonchev–Trinajstić information content (AvgIpc) is 2.16. The van der Waals surface area contributed by atoms with Crippen LogP contribution in [0.3, 0.4) is 0 Å². The van der Waals surface area contributed by atoms with Gasteiger partial charge in [-0.25, -0.2) is 4.79 Å². The molecule has 1 aromatic rings. The van der Waals surface area contributed by atoms with Gasteiger partial charge in [-0.2, -0.15) is 5.26 Å². The molecule has 0 amide bonds. The topological polar surface area (TPSA) is 61.1 Å². The molecular formula is C11H11NO2. The number of carboxylic acid groups (broad SMARTS) is 1. The molecular weight excluding hydrogens is 178 g/mol. The van der Waals surface area contributed by atoms with E-state index in [1.165, 1.54) is 0 Å². The first-order chi connectivity index (χ1) is 6.61. The molecule has 1 N–H and O–H groups in total. The molecule has 0 aliphatic heterocycles. The van der Waals surface area contributed by atoms with E-state index >= 15 is 0 Å². The Balaban J connectivity index is 3.44. The predicted molar refractivity (Wildman–Crippen MR) is 52.2 cm³/mol. The quantitative estimate of drug-likeness (QED) is 0.775. The zero-order valence-corrected chi connectivity index (χ0v) is 8.16. The Kier molecular flexibility index (Phi) is 2.88. The Morgan fingerprint density at radius 1 is 1.57 bits per heavy atom. The fourth-order valence-electron chi connectivity index (χ4n) is 1.45. The fourth-order valence-corrected chi connectivity index (χ4v) is 1.45. The van der Waals surface area contributed by atoms with Gasteiger partial charge >= 0.3 is 5.97 Å². The van der Waals surface area contributed by atoms with Crippen LogP contribution in [0.5, 0.6) is 0 Å². The molecule has 0 saturated heterocycles. The summed E-state index contributed by atoms with van der Waals surface area (Å²) in [6.07, 6.45) is 0.740. The first-order valence-corrected chi connectivity index (χ1v) is 4.37. The van der Waals surface area contributed by atoms with Crippen molar-refractivity contribution in [2.24, 2.45) is 0 Å². The molecule has 72 valence electrons. The third-order valence-electron chi connectivity index (χ3n) is 2.27. The molecule has 0 aliphatic rings. The van der Waals surface area contributed by atoms with E-state index in [1.54, 1.807) is 19.1 Å². The first-order valence-electron chi connectivity index (χ1n) is 4.37. The molecule has 0 aliphatic carbocycles. The van der Waals surface area contributed by atoms with Crippen molar-refractivity contribution >= 4 is 5.97 Å². The van der Waals surface area contributed by atoms with E-state index in [2.05, 4.69) is 0 Å². The molecule has 0 bridgehead atoms. The number of hydrogen-bond acceptors (Lipinski definition) is 2. The van der Waals surface area contributed by atoms with E-state index in [0.29, 0.717) is 11.1 Å². The van der Waals surface area contributed by atoms with Crippen molar-refractivity contribution in [1.29, 1.82) is 5.26 Å². The molecule has 0 fully saturated rings. The minimum atomic E-state index is -0.985. The van der Waals surface area contributed by atoms with Gasteiger partial charge in [-0.3, -0.25) is 0 Å². The van der Waals surface area contributed by atoms with Crippen molar-refractivity contribution < 1.29 is 9.90 Å². The third-order valence-corrected chi connectivity index (χ3v) is 2.27. The molecule has 0 aromatic heterocycles. The standard InChI is InChI=1S/C11H11NO2/c1-3-8-4-5-9(11(13)14)7(2)10(8)6-12/h4-5H,3H2,1-2H3,(H,13,14). The number of hydrogen-bond donors (Lipinski definition) is 1. The summed E-state index contributed by atoms with van der Waals surface area (Å²) in [6, 6.07) is 5.30. The normalized spacial score (nSPS) is 9.50. The van der Waals surface area contributed by atoms with Crippen molar-refractivity contribution in [3.63, 3.8) is 0 Å². The van der Waals surface area contributed by atoms with Gasteiger partial charge in [0.15, 0.2) is 0 Å². The average molecular weight is 189 g/mol. The van der Waals surface area contributed by atoms with Crippen LogP contribution < -0.4 is 0 Å². The van der Waals surface area contributed by atoms with Crippen LogP contribution in [0.15, 0.2) is 12.1 Å². The monoisotopic (exact) mass is 189 g/mol. The van der Waals surface area contributed by atoms with Crippen LogP contribution in [0.1, 0.15) is 34.0 Å². The van der Waals surface area contributed by atoms with Crippen molar-refractivity contribution in [3.05, 3.63) is 34.4 Å². The third kappa shape index (κ3) is 1.60. The van der Waals surface area contributed by atoms with Gasteiger partial charge in [0.1, 0.15) is 0 Å². The van der Waals surface area contributed by atoms with E-state index in [1.807, 2.05) is 13.0 Å². The van der Waals surface area contributed by atoms with Crippen molar-refractivity contribution in [2.45, 2.75) is 20.3 Å². The summed E-state index contributed by atoms with van der Waals surface area (Å²) in [4.78, 5) is 10.8. The molecule has 0 saturated carbocycles. The number of nitriles is 1. The highest BCUT2D eigenvalue weighted by molar-refractivity contribution is 5.90. The zero-order valence-electron chi connectivity index (χ0n) is 8.16. The highest BCUT2D eigenvalue weighted by Gasteiger charge is 2.12. The number of benzene rings is 1. The summed E-state index contributed by atoms with van der Waals surface area (Å²) in [5.41, 5.74) is 2.15. The SMILES string of the molecule is CCc1ccc(C(=O)O)c(C)c1C#N. The lowest BCUT2D eigenvalue weighted by Gasteiger charge is -2.06. The molecule has 0 radical (unpaired) electrons. The molecule has 3 nitrogen and oxygen atoms in total. The minimum Gasteiger partial charge on any atom is -0.478 e. The lowest BCUT2D eigenvalue weighted by Crippen LogP contribution is -2.03. The van der Waals surface area contributed by atoms with E-state index in [0.717, 1.165) is 12.0 Å². The van der Waals surface area contributed by atoms with Gasteiger partial charge in [-0.1, -0.05) is 13.0 Å². The number of rotatable bonds is 2. The van der Waals surface area contributed by atoms with Crippen LogP contribution in [-0.2, 0) is 6.42 Å². The number of carbonyl (C=O) groups is 1. The second-order valence-corrected chi connectivity index (χ2v) is 3.04. The molecule has 0 atom stereocenters. The molecule has 0 heterocycles. The highest BCUT2D eigenvalue weighted by atomic mass is 16.4. The minimum absolute atomic E-state index is 0.207. The zero-order chi connectivity index (χ0) is 10.7. The Bertz CT molecular complexity index is 416. The van der Waals surface area contributed by atoms with E-state index in [4.69, 9.17) is 10.4 Å². The molecule has 0 spiro atoms. The number of aryl methyl sites for hydroxylation is 1. The van der Waals surface area contributed by atoms with E-state index in [9.17, 15) is 4.79 Å². The Hall–Kier alpha value is -1.82. The summed E-state index contributed by atoms with van der Waals surface area (Å²) in [5, 5.41) is 17.7. The molecule has 14 heavy (non-hydrogen) atoms. The van der Waals surface area contributed by atoms with E-state index in [-0.39, 0.29) is 5.56 Å². The lowest BCUT2D eigenvalue weighted by molar-refractivity contribution is 0.0696. The van der Waals surface area contributed by atoms with Crippen LogP contribution in [0.25, 0.3) is 0 Å². The van der Waals surface area contributed by atoms with Gasteiger partial charge in [-0.15, -0.1) is 0 Å². The predicted octanol–water partition coefficient (Wildman–Crippen LogP) is 2.13. The van der Waals surface area contributed by atoms with Gasteiger partial charge in [0.05, 0.1) is 17.2 Å². The summed E-state index contributed by atoms with van der Waals surface area (Å²) in [7, 11) is 0. The summed E-state index contributed by atoms with van der Waals surface area (Å²) < 4.78 is 0. The van der Waals surface area contributed by atoms with E-state index < -0.39 is 5.97 Å². The van der Waals surface area contributed by atoms with Crippen molar-refractivity contribution in [1.82, 2.24) is 0 Å². The van der Waals surface area contributed by atoms with Gasteiger partial charge in [0.25, 0.3) is 0 Å². The number of aromatic carboxylic acids is 1. The maximum atomic E-state index is 10.8. The molecule has 1 rings (SSSR count). The second kappa shape index (κ2) is 3.93. The lowest BCUT2D eigenvalue weighted by atomic mass is 9.96.